The van der Waals surface area contributed by atoms with Gasteiger partial charge in [-0.25, -0.2) is 0 Å². The molecule has 8 fully saturated rings. The lowest BCUT2D eigenvalue weighted by Crippen LogP contribution is -2.62. The summed E-state index contributed by atoms with van der Waals surface area (Å²) in [5.41, 5.74) is 43.7. The summed E-state index contributed by atoms with van der Waals surface area (Å²) in [5, 5.41) is 0. The fraction of sp³-hybridized carbons (Fsp3) is 0.300. The third kappa shape index (κ3) is 12.6. The maximum atomic E-state index is 2.77. The SMILES string of the molecule is CC(C)(C)c1ccc(N2c3ccc(C(C)(C)C)cc3B3c4cc(C(C)(C)C)ccc4N(c4ccc(C(C)(C)C)cc4)c4cc(C56CC7CC(C5)C(c5ccc(-c8ccc9c(c8)B8c%10cc(-c%11ccccc%11)ccc%10N(c%10ccc(-c%11ccccc%11)cc%10)c%10cc(C%11%12CC%13CC(CC(C%13)C%11)C%12)cc(c%108)N9c8ccc(-c9ccccc9)cc8)cc5)C(C7)C6)cc2c43)cc1. The molecule has 2 atom stereocenters. The molecule has 6 heteroatoms. The van der Waals surface area contributed by atoms with E-state index >= 15 is 0 Å². The highest BCUT2D eigenvalue weighted by Crippen LogP contribution is 2.67. The van der Waals surface area contributed by atoms with Crippen LogP contribution in [0.25, 0.3) is 44.5 Å². The topological polar surface area (TPSA) is 13.0 Å². The molecule has 8 saturated carbocycles. The van der Waals surface area contributed by atoms with E-state index in [0.717, 1.165) is 17.8 Å². The maximum absolute atomic E-state index is 2.77. The van der Waals surface area contributed by atoms with Gasteiger partial charge in [0.05, 0.1) is 0 Å². The number of benzene rings is 14. The summed E-state index contributed by atoms with van der Waals surface area (Å²) in [5.74, 6) is 4.71. The normalized spacial score (nSPS) is 22.6. The first-order valence-corrected chi connectivity index (χ1v) is 47.6. The molecule has 14 aromatic rings. The Hall–Kier alpha value is -11.6. The highest BCUT2D eigenvalue weighted by atomic mass is 15.2. The zero-order valence-corrected chi connectivity index (χ0v) is 75.7. The van der Waals surface area contributed by atoms with Crippen LogP contribution in [0.1, 0.15) is 199 Å². The van der Waals surface area contributed by atoms with Gasteiger partial charge in [-0.3, -0.25) is 0 Å². The Morgan fingerprint density at radius 1 is 0.238 bits per heavy atom. The number of nitrogens with zero attached hydrogens (tertiary/aromatic N) is 4. The van der Waals surface area contributed by atoms with Crippen molar-refractivity contribution < 1.29 is 0 Å². The standard InChI is InChI=1S/C120H116B2N4/c1-115(2,3)90-38-48-98(49-39-90)125-106-54-42-92(117(7,8)9)63-102(106)122-103-64-93(118(10,11)12)43-55-107(103)126(99-50-40-91(41-51-99)116(4,5)6)111-68-95(67-110(125)114(111)122)120-72-78-59-88(73-120)112(89(60-78)74-120)85-30-28-84(29-31-85)87-37-53-105-101(62-87)121-100-61-86(81-26-20-15-21-27-81)36-52-104(100)123(96-44-32-82(33-45-96)79-22-16-13-17-23-79)108-65-94(119-69-75-56-76(70-119)58-77(57-75)71-119)66-109(113(108)121)124(105)97-46-34-83(35-47-97)80-24-18-14-19-25-80/h13-55,61-68,75-78,88-89,112H,56-60,69-74H2,1-12H3. The van der Waals surface area contributed by atoms with E-state index in [1.807, 2.05) is 0 Å². The van der Waals surface area contributed by atoms with E-state index < -0.39 is 0 Å². The van der Waals surface area contributed by atoms with Gasteiger partial charge in [0, 0.05) is 68.2 Å². The summed E-state index contributed by atoms with van der Waals surface area (Å²) in [6.07, 6.45) is 14.3. The zero-order valence-electron chi connectivity index (χ0n) is 75.7. The van der Waals surface area contributed by atoms with Crippen LogP contribution in [0.15, 0.2) is 309 Å². The first-order valence-electron chi connectivity index (χ1n) is 47.6. The van der Waals surface area contributed by atoms with Crippen LogP contribution in [0.5, 0.6) is 0 Å². The van der Waals surface area contributed by atoms with Gasteiger partial charge in [-0.1, -0.05) is 295 Å². The highest BCUT2D eigenvalue weighted by Gasteiger charge is 2.58. The summed E-state index contributed by atoms with van der Waals surface area (Å²) >= 11 is 0. The molecule has 622 valence electrons. The molecule has 8 bridgehead atoms. The number of rotatable bonds is 11. The van der Waals surface area contributed by atoms with Crippen LogP contribution in [-0.4, -0.2) is 13.4 Å². The molecule has 126 heavy (non-hydrogen) atoms. The second-order valence-corrected chi connectivity index (χ2v) is 44.5. The molecule has 0 amide bonds. The Kier molecular flexibility index (Phi) is 17.6. The van der Waals surface area contributed by atoms with Gasteiger partial charge in [-0.05, 0) is 358 Å². The first kappa shape index (κ1) is 77.9. The van der Waals surface area contributed by atoms with Gasteiger partial charge in [-0.2, -0.15) is 0 Å². The van der Waals surface area contributed by atoms with Crippen LogP contribution in [0.4, 0.5) is 68.2 Å². The molecule has 4 aliphatic heterocycles. The van der Waals surface area contributed by atoms with Crippen LogP contribution in [0.2, 0.25) is 0 Å². The number of hydrogen-bond acceptors (Lipinski definition) is 4. The second-order valence-electron chi connectivity index (χ2n) is 44.5. The summed E-state index contributed by atoms with van der Waals surface area (Å²) in [6.45, 7) is 28.4. The number of fused-ring (bicyclic) bond motifs is 8. The van der Waals surface area contributed by atoms with Crippen molar-refractivity contribution in [1.82, 2.24) is 0 Å². The summed E-state index contributed by atoms with van der Waals surface area (Å²) in [6, 6.07) is 123. The van der Waals surface area contributed by atoms with Gasteiger partial charge >= 0.3 is 0 Å². The van der Waals surface area contributed by atoms with Crippen molar-refractivity contribution in [2.45, 2.75) is 192 Å². The third-order valence-electron chi connectivity index (χ3n) is 32.6. The molecular weight excluding hydrogens is 1520 g/mol. The van der Waals surface area contributed by atoms with Gasteiger partial charge in [0.2, 0.25) is 0 Å². The quantitative estimate of drug-likeness (QED) is 0.120. The van der Waals surface area contributed by atoms with Crippen molar-refractivity contribution in [2.24, 2.45) is 35.5 Å². The van der Waals surface area contributed by atoms with E-state index in [1.165, 1.54) is 250 Å². The molecule has 8 aliphatic carbocycles. The molecule has 4 nitrogen and oxygen atoms in total. The fourth-order valence-electron chi connectivity index (χ4n) is 27.0. The van der Waals surface area contributed by atoms with Gasteiger partial charge in [-0.15, -0.1) is 0 Å². The molecule has 0 radical (unpaired) electrons. The maximum Gasteiger partial charge on any atom is 0.252 e. The Morgan fingerprint density at radius 3 is 0.841 bits per heavy atom. The molecule has 0 aromatic heterocycles. The lowest BCUT2D eigenvalue weighted by molar-refractivity contribution is -0.0255. The monoisotopic (exact) mass is 1630 g/mol. The largest absolute Gasteiger partial charge is 0.311 e. The molecule has 2 unspecified atom stereocenters. The van der Waals surface area contributed by atoms with Crippen LogP contribution in [-0.2, 0) is 32.5 Å². The van der Waals surface area contributed by atoms with Crippen LogP contribution >= 0.6 is 0 Å². The molecule has 4 heterocycles. The minimum Gasteiger partial charge on any atom is -0.311 e. The Morgan fingerprint density at radius 2 is 0.500 bits per heavy atom. The van der Waals surface area contributed by atoms with E-state index in [0.29, 0.717) is 23.7 Å². The predicted molar refractivity (Wildman–Crippen MR) is 535 cm³/mol. The second kappa shape index (κ2) is 28.5. The average molecular weight is 1640 g/mol. The Labute approximate surface area is 749 Å². The molecule has 0 N–H and O–H groups in total. The van der Waals surface area contributed by atoms with Crippen LogP contribution in [0, 0.1) is 35.5 Å². The lowest BCUT2D eigenvalue weighted by Gasteiger charge is -2.61. The van der Waals surface area contributed by atoms with Crippen molar-refractivity contribution in [3.8, 4) is 44.5 Å². The zero-order chi connectivity index (χ0) is 85.4. The fourth-order valence-corrected chi connectivity index (χ4v) is 27.0. The van der Waals surface area contributed by atoms with E-state index in [-0.39, 0.29) is 45.9 Å². The Bertz CT molecular complexity index is 6440. The van der Waals surface area contributed by atoms with Crippen molar-refractivity contribution in [3.63, 3.8) is 0 Å². The van der Waals surface area contributed by atoms with E-state index in [9.17, 15) is 0 Å². The lowest BCUT2D eigenvalue weighted by atomic mass is 9.33. The van der Waals surface area contributed by atoms with Gasteiger partial charge in [0.25, 0.3) is 13.4 Å². The number of hydrogen-bond donors (Lipinski definition) is 0. The molecule has 0 saturated heterocycles. The smallest absolute Gasteiger partial charge is 0.252 e. The molecule has 14 aromatic carbocycles. The van der Waals surface area contributed by atoms with Crippen molar-refractivity contribution >= 4 is 114 Å². The van der Waals surface area contributed by atoms with E-state index in [4.69, 9.17) is 0 Å². The summed E-state index contributed by atoms with van der Waals surface area (Å²) < 4.78 is 0. The van der Waals surface area contributed by atoms with Crippen molar-refractivity contribution in [1.29, 1.82) is 0 Å². The highest BCUT2D eigenvalue weighted by molar-refractivity contribution is 7.01. The van der Waals surface area contributed by atoms with Gasteiger partial charge in [0.15, 0.2) is 0 Å². The minimum atomic E-state index is -0.0650. The van der Waals surface area contributed by atoms with E-state index in [1.54, 1.807) is 5.56 Å². The van der Waals surface area contributed by atoms with E-state index in [2.05, 4.69) is 412 Å². The Balaban J connectivity index is 0.640. The summed E-state index contributed by atoms with van der Waals surface area (Å²) in [4.78, 5) is 10.8. The number of anilines is 12. The molecule has 26 rings (SSSR count). The average Bonchev–Trinajstić information content (AvgIpc) is 0.689. The molecule has 12 aliphatic rings. The van der Waals surface area contributed by atoms with Crippen molar-refractivity contribution in [3.05, 3.63) is 348 Å². The third-order valence-corrected chi connectivity index (χ3v) is 32.6. The summed E-state index contributed by atoms with van der Waals surface area (Å²) in [7, 11) is 0. The van der Waals surface area contributed by atoms with Crippen LogP contribution in [0.3, 0.4) is 0 Å². The molecular formula is C120H116B2N4. The minimum absolute atomic E-state index is 0.0144. The van der Waals surface area contributed by atoms with Crippen LogP contribution < -0.4 is 52.4 Å². The predicted octanol–water partition coefficient (Wildman–Crippen LogP) is 28.0. The van der Waals surface area contributed by atoms with Gasteiger partial charge in [0.1, 0.15) is 0 Å². The van der Waals surface area contributed by atoms with Crippen molar-refractivity contribution in [2.75, 3.05) is 19.6 Å². The first-order chi connectivity index (χ1) is 60.8. The molecule has 0 spiro atoms. The van der Waals surface area contributed by atoms with Gasteiger partial charge < -0.3 is 19.6 Å².